The van der Waals surface area contributed by atoms with Crippen molar-refractivity contribution < 1.29 is 0 Å². The molecule has 1 aromatic heterocycles. The second kappa shape index (κ2) is 3.75. The van der Waals surface area contributed by atoms with Crippen molar-refractivity contribution in [2.75, 3.05) is 13.1 Å². The Morgan fingerprint density at radius 1 is 1.62 bits per heavy atom. The summed E-state index contributed by atoms with van der Waals surface area (Å²) in [5.74, 6) is 1.61. The van der Waals surface area contributed by atoms with Crippen LogP contribution in [0, 0.1) is 0 Å². The molecule has 1 aliphatic rings. The summed E-state index contributed by atoms with van der Waals surface area (Å²) in [6, 6.07) is 0. The molecule has 0 bridgehead atoms. The van der Waals surface area contributed by atoms with Crippen molar-refractivity contribution in [2.24, 2.45) is 7.05 Å². The summed E-state index contributed by atoms with van der Waals surface area (Å²) in [7, 11) is 1.95. The molecule has 1 N–H and O–H groups in total. The lowest BCUT2D eigenvalue weighted by molar-refractivity contribution is 0.434. The molecule has 1 unspecified atom stereocenters. The van der Waals surface area contributed by atoms with E-state index in [2.05, 4.69) is 31.3 Å². The number of nitrogens with zero attached hydrogens (tertiary/aromatic N) is 3. The Bertz CT molecular complexity index is 290. The Morgan fingerprint density at radius 3 is 3.00 bits per heavy atom. The van der Waals surface area contributed by atoms with Crippen LogP contribution in [0.25, 0.3) is 0 Å². The van der Waals surface area contributed by atoms with Crippen molar-refractivity contribution in [3.63, 3.8) is 0 Å². The maximum Gasteiger partial charge on any atom is 0.217 e. The molecule has 1 fully saturated rings. The fourth-order valence-corrected chi connectivity index (χ4v) is 2.21. The van der Waals surface area contributed by atoms with Gasteiger partial charge in [0, 0.05) is 19.5 Å². The van der Waals surface area contributed by atoms with Crippen LogP contribution >= 0.6 is 15.9 Å². The SMILES string of the molecule is Cn1nc(Br)nc1C1CCCNC1. The van der Waals surface area contributed by atoms with E-state index in [1.165, 1.54) is 12.8 Å². The average molecular weight is 245 g/mol. The number of halogens is 1. The Hall–Kier alpha value is -0.420. The molecule has 13 heavy (non-hydrogen) atoms. The van der Waals surface area contributed by atoms with Gasteiger partial charge in [0.15, 0.2) is 0 Å². The fraction of sp³-hybridized carbons (Fsp3) is 0.750. The molecule has 0 amide bonds. The molecule has 2 heterocycles. The molecule has 0 saturated carbocycles. The first-order valence-electron chi connectivity index (χ1n) is 4.54. The quantitative estimate of drug-likeness (QED) is 0.804. The number of piperidine rings is 1. The van der Waals surface area contributed by atoms with Gasteiger partial charge in [0.05, 0.1) is 0 Å². The van der Waals surface area contributed by atoms with E-state index < -0.39 is 0 Å². The van der Waals surface area contributed by atoms with Crippen LogP contribution in [0.4, 0.5) is 0 Å². The summed E-state index contributed by atoms with van der Waals surface area (Å²) < 4.78 is 2.55. The summed E-state index contributed by atoms with van der Waals surface area (Å²) in [6.45, 7) is 2.16. The predicted octanol–water partition coefficient (Wildman–Crippen LogP) is 1.04. The van der Waals surface area contributed by atoms with Gasteiger partial charge in [-0.25, -0.2) is 4.98 Å². The number of hydrogen-bond acceptors (Lipinski definition) is 3. The molecule has 0 radical (unpaired) electrons. The number of nitrogens with one attached hydrogen (secondary N) is 1. The Morgan fingerprint density at radius 2 is 2.46 bits per heavy atom. The molecular weight excluding hydrogens is 232 g/mol. The first-order valence-corrected chi connectivity index (χ1v) is 5.34. The van der Waals surface area contributed by atoms with Crippen molar-refractivity contribution in [1.29, 1.82) is 0 Å². The van der Waals surface area contributed by atoms with Crippen molar-refractivity contribution in [3.8, 4) is 0 Å². The van der Waals surface area contributed by atoms with E-state index >= 15 is 0 Å². The third-order valence-corrected chi connectivity index (χ3v) is 2.77. The van der Waals surface area contributed by atoms with E-state index in [0.29, 0.717) is 10.7 Å². The van der Waals surface area contributed by atoms with E-state index in [0.717, 1.165) is 18.9 Å². The lowest BCUT2D eigenvalue weighted by atomic mass is 9.99. The van der Waals surface area contributed by atoms with Crippen molar-refractivity contribution in [1.82, 2.24) is 20.1 Å². The van der Waals surface area contributed by atoms with Gasteiger partial charge < -0.3 is 5.32 Å². The fourth-order valence-electron chi connectivity index (χ4n) is 1.79. The molecule has 4 nitrogen and oxygen atoms in total. The third kappa shape index (κ3) is 1.91. The highest BCUT2D eigenvalue weighted by atomic mass is 79.9. The Kier molecular flexibility index (Phi) is 2.64. The maximum absolute atomic E-state index is 4.36. The topological polar surface area (TPSA) is 42.7 Å². The minimum atomic E-state index is 0.526. The largest absolute Gasteiger partial charge is 0.316 e. The van der Waals surface area contributed by atoms with Crippen LogP contribution < -0.4 is 5.32 Å². The Balaban J connectivity index is 2.18. The molecule has 1 saturated heterocycles. The molecule has 72 valence electrons. The van der Waals surface area contributed by atoms with Crippen molar-refractivity contribution in [2.45, 2.75) is 18.8 Å². The monoisotopic (exact) mass is 244 g/mol. The lowest BCUT2D eigenvalue weighted by Gasteiger charge is -2.21. The molecule has 1 atom stereocenters. The molecule has 0 spiro atoms. The minimum absolute atomic E-state index is 0.526. The van der Waals surface area contributed by atoms with Crippen LogP contribution in [-0.4, -0.2) is 27.9 Å². The number of aryl methyl sites for hydroxylation is 1. The van der Waals surface area contributed by atoms with Crippen molar-refractivity contribution in [3.05, 3.63) is 10.6 Å². The van der Waals surface area contributed by atoms with E-state index in [9.17, 15) is 0 Å². The third-order valence-electron chi connectivity index (χ3n) is 2.43. The van der Waals surface area contributed by atoms with E-state index in [4.69, 9.17) is 0 Å². The molecule has 1 aliphatic heterocycles. The summed E-state index contributed by atoms with van der Waals surface area (Å²) in [6.07, 6.45) is 2.45. The molecule has 0 aromatic carbocycles. The Labute approximate surface area is 85.9 Å². The van der Waals surface area contributed by atoms with Crippen LogP contribution in [0.5, 0.6) is 0 Å². The molecule has 1 aromatic rings. The van der Waals surface area contributed by atoms with Crippen LogP contribution in [0.1, 0.15) is 24.6 Å². The van der Waals surface area contributed by atoms with E-state index in [1.807, 2.05) is 11.7 Å². The van der Waals surface area contributed by atoms with Gasteiger partial charge in [-0.05, 0) is 35.3 Å². The van der Waals surface area contributed by atoms with E-state index in [1.54, 1.807) is 0 Å². The van der Waals surface area contributed by atoms with Crippen LogP contribution in [0.15, 0.2) is 4.73 Å². The van der Waals surface area contributed by atoms with Gasteiger partial charge in [0.25, 0.3) is 0 Å². The minimum Gasteiger partial charge on any atom is -0.316 e. The number of aromatic nitrogens is 3. The van der Waals surface area contributed by atoms with Crippen LogP contribution in [0.3, 0.4) is 0 Å². The van der Waals surface area contributed by atoms with Crippen molar-refractivity contribution >= 4 is 15.9 Å². The first-order chi connectivity index (χ1) is 6.27. The zero-order chi connectivity index (χ0) is 9.26. The van der Waals surface area contributed by atoms with E-state index in [-0.39, 0.29) is 0 Å². The normalized spacial score (nSPS) is 23.4. The molecule has 2 rings (SSSR count). The molecular formula is C8H13BrN4. The number of rotatable bonds is 1. The number of hydrogen-bond donors (Lipinski definition) is 1. The zero-order valence-corrected chi connectivity index (χ0v) is 9.21. The van der Waals surface area contributed by atoms with Crippen LogP contribution in [0.2, 0.25) is 0 Å². The maximum atomic E-state index is 4.36. The highest BCUT2D eigenvalue weighted by Gasteiger charge is 2.20. The van der Waals surface area contributed by atoms with Gasteiger partial charge in [-0.3, -0.25) is 4.68 Å². The second-order valence-corrected chi connectivity index (χ2v) is 4.12. The smallest absolute Gasteiger partial charge is 0.217 e. The summed E-state index contributed by atoms with van der Waals surface area (Å²) in [4.78, 5) is 4.36. The van der Waals surface area contributed by atoms with Gasteiger partial charge in [0.1, 0.15) is 5.82 Å². The van der Waals surface area contributed by atoms with Crippen LogP contribution in [-0.2, 0) is 7.05 Å². The average Bonchev–Trinajstić information content (AvgIpc) is 2.47. The summed E-state index contributed by atoms with van der Waals surface area (Å²) >= 11 is 3.29. The molecule has 0 aliphatic carbocycles. The first kappa shape index (κ1) is 9.15. The van der Waals surface area contributed by atoms with Gasteiger partial charge in [-0.2, -0.15) is 0 Å². The summed E-state index contributed by atoms with van der Waals surface area (Å²) in [5, 5.41) is 7.55. The molecule has 5 heteroatoms. The van der Waals surface area contributed by atoms with Gasteiger partial charge in [-0.1, -0.05) is 0 Å². The van der Waals surface area contributed by atoms with Gasteiger partial charge in [-0.15, -0.1) is 5.10 Å². The highest BCUT2D eigenvalue weighted by Crippen LogP contribution is 2.21. The lowest BCUT2D eigenvalue weighted by Crippen LogP contribution is -2.29. The summed E-state index contributed by atoms with van der Waals surface area (Å²) in [5.41, 5.74) is 0. The zero-order valence-electron chi connectivity index (χ0n) is 7.63. The standard InChI is InChI=1S/C8H13BrN4/c1-13-7(11-8(9)12-13)6-3-2-4-10-5-6/h6,10H,2-5H2,1H3. The predicted molar refractivity (Wildman–Crippen MR) is 53.5 cm³/mol. The van der Waals surface area contributed by atoms with Gasteiger partial charge >= 0.3 is 0 Å². The second-order valence-electron chi connectivity index (χ2n) is 3.41. The van der Waals surface area contributed by atoms with Gasteiger partial charge in [0.2, 0.25) is 4.73 Å². The highest BCUT2D eigenvalue weighted by molar-refractivity contribution is 9.10.